The van der Waals surface area contributed by atoms with E-state index in [9.17, 15) is 4.79 Å². The number of aromatic nitrogens is 3. The molecule has 5 nitrogen and oxygen atoms in total. The van der Waals surface area contributed by atoms with E-state index < -0.39 is 0 Å². The van der Waals surface area contributed by atoms with Gasteiger partial charge in [0.05, 0.1) is 11.0 Å². The van der Waals surface area contributed by atoms with Gasteiger partial charge < -0.3 is 9.47 Å². The van der Waals surface area contributed by atoms with Gasteiger partial charge in [-0.1, -0.05) is 74.0 Å². The fourth-order valence-electron chi connectivity index (χ4n) is 4.50. The van der Waals surface area contributed by atoms with Crippen LogP contribution < -0.4 is 4.90 Å². The highest BCUT2D eigenvalue weighted by atomic mass is 16.1. The van der Waals surface area contributed by atoms with Crippen molar-refractivity contribution < 1.29 is 4.79 Å². The molecule has 0 radical (unpaired) electrons. The Morgan fingerprint density at radius 2 is 1.60 bits per heavy atom. The van der Waals surface area contributed by atoms with Crippen molar-refractivity contribution in [2.45, 2.75) is 26.3 Å². The van der Waals surface area contributed by atoms with E-state index in [4.69, 9.17) is 4.98 Å². The van der Waals surface area contributed by atoms with E-state index in [1.54, 1.807) is 6.08 Å². The molecule has 0 fully saturated rings. The van der Waals surface area contributed by atoms with Gasteiger partial charge in [-0.25, -0.2) is 4.98 Å². The second-order valence-electron chi connectivity index (χ2n) is 8.99. The molecule has 0 N–H and O–H groups in total. The number of carbonyl (C=O) groups is 1. The van der Waals surface area contributed by atoms with Crippen molar-refractivity contribution in [1.29, 1.82) is 0 Å². The first-order valence-corrected chi connectivity index (χ1v) is 12.1. The summed E-state index contributed by atoms with van der Waals surface area (Å²) in [6.45, 7) is 3.05. The molecule has 0 spiro atoms. The molecule has 0 saturated carbocycles. The maximum Gasteiger partial charge on any atom is 0.216 e. The summed E-state index contributed by atoms with van der Waals surface area (Å²) in [7, 11) is 4.03. The third-order valence-corrected chi connectivity index (χ3v) is 6.37. The minimum atomic E-state index is -0.0635. The van der Waals surface area contributed by atoms with Crippen LogP contribution in [0.3, 0.4) is 0 Å². The van der Waals surface area contributed by atoms with Crippen molar-refractivity contribution in [1.82, 2.24) is 14.0 Å². The molecule has 5 aromatic rings. The average Bonchev–Trinajstić information content (AvgIpc) is 3.42. The fourth-order valence-corrected chi connectivity index (χ4v) is 4.50. The van der Waals surface area contributed by atoms with E-state index >= 15 is 0 Å². The maximum absolute atomic E-state index is 13.8. The minimum Gasteiger partial charge on any atom is -0.378 e. The number of para-hydroxylation sites is 2. The number of ketones is 1. The van der Waals surface area contributed by atoms with Crippen LogP contribution in [0.2, 0.25) is 0 Å². The number of unbranched alkanes of at least 4 members (excludes halogenated alkanes) is 1. The quantitative estimate of drug-likeness (QED) is 0.190. The lowest BCUT2D eigenvalue weighted by Gasteiger charge is -2.11. The van der Waals surface area contributed by atoms with E-state index in [-0.39, 0.29) is 5.78 Å². The number of hydrogen-bond donors (Lipinski definition) is 0. The molecule has 2 aromatic heterocycles. The van der Waals surface area contributed by atoms with E-state index in [0.717, 1.165) is 53.0 Å². The molecule has 0 saturated heterocycles. The smallest absolute Gasteiger partial charge is 0.216 e. The molecule has 35 heavy (non-hydrogen) atoms. The first-order valence-electron chi connectivity index (χ1n) is 12.1. The molecule has 0 unspecified atom stereocenters. The van der Waals surface area contributed by atoms with Crippen LogP contribution in [-0.2, 0) is 6.54 Å². The lowest BCUT2D eigenvalue weighted by molar-refractivity contribution is 0.104. The third kappa shape index (κ3) is 4.26. The number of anilines is 1. The van der Waals surface area contributed by atoms with Gasteiger partial charge in [-0.2, -0.15) is 0 Å². The van der Waals surface area contributed by atoms with E-state index in [1.807, 2.05) is 79.2 Å². The lowest BCUT2D eigenvalue weighted by Crippen LogP contribution is -2.07. The molecule has 0 amide bonds. The molecule has 0 aliphatic rings. The summed E-state index contributed by atoms with van der Waals surface area (Å²) < 4.78 is 4.28. The van der Waals surface area contributed by atoms with Crippen LogP contribution in [0.15, 0.2) is 84.9 Å². The first-order chi connectivity index (χ1) is 17.1. The predicted octanol–water partition coefficient (Wildman–Crippen LogP) is 6.72. The van der Waals surface area contributed by atoms with Gasteiger partial charge in [0, 0.05) is 31.9 Å². The molecule has 0 aliphatic carbocycles. The molecule has 5 rings (SSSR count). The molecule has 0 aliphatic heterocycles. The van der Waals surface area contributed by atoms with Crippen LogP contribution in [0.25, 0.3) is 34.1 Å². The zero-order valence-electron chi connectivity index (χ0n) is 20.5. The number of benzene rings is 3. The number of carbonyl (C=O) groups excluding carboxylic acids is 1. The van der Waals surface area contributed by atoms with Gasteiger partial charge in [-0.15, -0.1) is 0 Å². The summed E-state index contributed by atoms with van der Waals surface area (Å²) in [6.07, 6.45) is 5.69. The summed E-state index contributed by atoms with van der Waals surface area (Å²) in [5, 5.41) is 0. The number of imidazole rings is 2. The summed E-state index contributed by atoms with van der Waals surface area (Å²) in [6, 6.07) is 26.4. The highest BCUT2D eigenvalue weighted by molar-refractivity contribution is 6.11. The number of rotatable bonds is 8. The molecular weight excluding hydrogens is 432 g/mol. The van der Waals surface area contributed by atoms with Gasteiger partial charge in [0.1, 0.15) is 11.4 Å². The zero-order valence-corrected chi connectivity index (χ0v) is 20.5. The monoisotopic (exact) mass is 462 g/mol. The average molecular weight is 463 g/mol. The number of aryl methyl sites for hydroxylation is 1. The molecular formula is C30H30N4O. The largest absolute Gasteiger partial charge is 0.378 e. The molecule has 3 aromatic carbocycles. The number of hydrogen-bond acceptors (Lipinski definition) is 3. The van der Waals surface area contributed by atoms with Crippen LogP contribution in [0.4, 0.5) is 5.69 Å². The lowest BCUT2D eigenvalue weighted by atomic mass is 10.1. The summed E-state index contributed by atoms with van der Waals surface area (Å²) in [5.74, 6) is 0.747. The number of nitrogens with zero attached hydrogens (tertiary/aromatic N) is 4. The second-order valence-corrected chi connectivity index (χ2v) is 8.99. The Morgan fingerprint density at radius 3 is 2.29 bits per heavy atom. The standard InChI is InChI=1S/C30H30N4O/c1-4-5-21-33-25-13-9-10-14-26(25)34-29(28(31-30(33)34)23-11-7-6-8-12-23)27(35)20-17-22-15-18-24(19-16-22)32(2)3/h6-20H,4-5,21H2,1-3H3. The highest BCUT2D eigenvalue weighted by Crippen LogP contribution is 2.31. The Morgan fingerprint density at radius 1 is 0.914 bits per heavy atom. The number of fused-ring (bicyclic) bond motifs is 3. The van der Waals surface area contributed by atoms with Gasteiger partial charge in [0.25, 0.3) is 0 Å². The second kappa shape index (κ2) is 9.63. The zero-order chi connectivity index (χ0) is 24.4. The molecule has 176 valence electrons. The minimum absolute atomic E-state index is 0.0635. The Bertz CT molecular complexity index is 1510. The van der Waals surface area contributed by atoms with E-state index in [0.29, 0.717) is 11.4 Å². The maximum atomic E-state index is 13.8. The number of allylic oxidation sites excluding steroid dienone is 1. The summed E-state index contributed by atoms with van der Waals surface area (Å²) in [5.41, 5.74) is 6.46. The summed E-state index contributed by atoms with van der Waals surface area (Å²) in [4.78, 5) is 20.9. The van der Waals surface area contributed by atoms with Crippen LogP contribution in [0, 0.1) is 0 Å². The van der Waals surface area contributed by atoms with Gasteiger partial charge >= 0.3 is 0 Å². The van der Waals surface area contributed by atoms with E-state index in [1.165, 1.54) is 0 Å². The van der Waals surface area contributed by atoms with Gasteiger partial charge in [0.2, 0.25) is 11.6 Å². The van der Waals surface area contributed by atoms with Crippen LogP contribution in [0.5, 0.6) is 0 Å². The van der Waals surface area contributed by atoms with Gasteiger partial charge in [-0.05, 0) is 42.3 Å². The molecule has 0 atom stereocenters. The fraction of sp³-hybridized carbons (Fsp3) is 0.200. The van der Waals surface area contributed by atoms with Crippen molar-refractivity contribution in [2.24, 2.45) is 0 Å². The Hall–Kier alpha value is -4.12. The van der Waals surface area contributed by atoms with Gasteiger partial charge in [0.15, 0.2) is 0 Å². The van der Waals surface area contributed by atoms with Crippen LogP contribution >= 0.6 is 0 Å². The Balaban J connectivity index is 1.67. The predicted molar refractivity (Wildman–Crippen MR) is 145 cm³/mol. The van der Waals surface area contributed by atoms with Gasteiger partial charge in [-0.3, -0.25) is 9.20 Å². The van der Waals surface area contributed by atoms with Crippen LogP contribution in [-0.4, -0.2) is 33.8 Å². The Kier molecular flexibility index (Phi) is 6.23. The molecule has 5 heteroatoms. The Labute approximate surface area is 206 Å². The third-order valence-electron chi connectivity index (χ3n) is 6.37. The first kappa shape index (κ1) is 22.7. The molecule has 2 heterocycles. The van der Waals surface area contributed by atoms with Crippen molar-refractivity contribution in [3.8, 4) is 11.3 Å². The van der Waals surface area contributed by atoms with Crippen molar-refractivity contribution in [2.75, 3.05) is 19.0 Å². The topological polar surface area (TPSA) is 42.5 Å². The summed E-state index contributed by atoms with van der Waals surface area (Å²) >= 11 is 0. The van der Waals surface area contributed by atoms with Crippen molar-refractivity contribution in [3.05, 3.63) is 96.2 Å². The normalized spacial score (nSPS) is 11.6. The SMILES string of the molecule is CCCCn1c2ccccc2n2c(C(=O)C=Cc3ccc(N(C)C)cc3)c(-c3ccccc3)nc12. The highest BCUT2D eigenvalue weighted by Gasteiger charge is 2.24. The van der Waals surface area contributed by atoms with E-state index in [2.05, 4.69) is 40.7 Å². The van der Waals surface area contributed by atoms with Crippen LogP contribution in [0.1, 0.15) is 35.8 Å². The van der Waals surface area contributed by atoms with Crippen molar-refractivity contribution >= 4 is 34.4 Å². The molecule has 0 bridgehead atoms. The van der Waals surface area contributed by atoms with Crippen molar-refractivity contribution in [3.63, 3.8) is 0 Å².